The van der Waals surface area contributed by atoms with Crippen molar-refractivity contribution in [2.45, 2.75) is 6.54 Å². The molecule has 0 spiro atoms. The van der Waals surface area contributed by atoms with E-state index in [1.54, 1.807) is 18.2 Å². The SMILES string of the molecule is O=C(O)Oc1cnn(-c2nc3ccc(NCc4cccc(Cl)c4)cc3c(=O)[nH]2)c1. The Bertz CT molecular complexity index is 1270. The van der Waals surface area contributed by atoms with Crippen LogP contribution in [0.1, 0.15) is 5.56 Å². The number of aromatic amines is 1. The monoisotopic (exact) mass is 411 g/mol. The number of aromatic nitrogens is 4. The summed E-state index contributed by atoms with van der Waals surface area (Å²) >= 11 is 5.99. The van der Waals surface area contributed by atoms with Crippen molar-refractivity contribution < 1.29 is 14.6 Å². The first-order valence-corrected chi connectivity index (χ1v) is 8.84. The summed E-state index contributed by atoms with van der Waals surface area (Å²) in [7, 11) is 0. The summed E-state index contributed by atoms with van der Waals surface area (Å²) in [5, 5.41) is 16.9. The minimum Gasteiger partial charge on any atom is -0.449 e. The molecule has 0 saturated carbocycles. The molecule has 29 heavy (non-hydrogen) atoms. The van der Waals surface area contributed by atoms with Crippen LogP contribution in [0.3, 0.4) is 0 Å². The Morgan fingerprint density at radius 3 is 2.93 bits per heavy atom. The van der Waals surface area contributed by atoms with E-state index in [9.17, 15) is 9.59 Å². The van der Waals surface area contributed by atoms with E-state index in [0.29, 0.717) is 22.5 Å². The van der Waals surface area contributed by atoms with Gasteiger partial charge in [-0.3, -0.25) is 9.78 Å². The number of nitrogens with zero attached hydrogens (tertiary/aromatic N) is 3. The Labute approximate surface area is 168 Å². The summed E-state index contributed by atoms with van der Waals surface area (Å²) in [6.07, 6.45) is 1.06. The molecule has 0 aliphatic carbocycles. The van der Waals surface area contributed by atoms with E-state index < -0.39 is 6.16 Å². The summed E-state index contributed by atoms with van der Waals surface area (Å²) < 4.78 is 5.74. The molecule has 2 aromatic heterocycles. The molecule has 0 aliphatic heterocycles. The Hall–Kier alpha value is -3.85. The van der Waals surface area contributed by atoms with Crippen molar-refractivity contribution in [3.63, 3.8) is 0 Å². The van der Waals surface area contributed by atoms with E-state index in [0.717, 1.165) is 11.3 Å². The molecule has 0 atom stereocenters. The number of nitrogens with one attached hydrogen (secondary N) is 2. The topological polar surface area (TPSA) is 122 Å². The van der Waals surface area contributed by atoms with Crippen molar-refractivity contribution in [2.24, 2.45) is 0 Å². The molecule has 0 bridgehead atoms. The number of halogens is 1. The van der Waals surface area contributed by atoms with Crippen molar-refractivity contribution in [3.05, 3.63) is 75.8 Å². The van der Waals surface area contributed by atoms with Crippen LogP contribution in [-0.4, -0.2) is 31.0 Å². The zero-order chi connectivity index (χ0) is 20.4. The number of carbonyl (C=O) groups is 1. The fourth-order valence-electron chi connectivity index (χ4n) is 2.77. The lowest BCUT2D eigenvalue weighted by atomic mass is 10.2. The van der Waals surface area contributed by atoms with E-state index in [2.05, 4.69) is 25.1 Å². The lowest BCUT2D eigenvalue weighted by Crippen LogP contribution is -2.14. The molecule has 0 amide bonds. The Morgan fingerprint density at radius 1 is 1.28 bits per heavy atom. The molecule has 4 rings (SSSR count). The third-order valence-electron chi connectivity index (χ3n) is 4.06. The van der Waals surface area contributed by atoms with Crippen molar-refractivity contribution in [1.82, 2.24) is 19.7 Å². The van der Waals surface area contributed by atoms with Crippen LogP contribution in [0.5, 0.6) is 5.75 Å². The number of hydrogen-bond acceptors (Lipinski definition) is 6. The summed E-state index contributed by atoms with van der Waals surface area (Å²) in [4.78, 5) is 30.1. The molecule has 2 aromatic carbocycles. The third kappa shape index (κ3) is 4.19. The van der Waals surface area contributed by atoms with E-state index >= 15 is 0 Å². The summed E-state index contributed by atoms with van der Waals surface area (Å²) in [5.74, 6) is 0.156. The molecule has 146 valence electrons. The van der Waals surface area contributed by atoms with Gasteiger partial charge in [-0.15, -0.1) is 0 Å². The van der Waals surface area contributed by atoms with E-state index in [1.807, 2.05) is 24.3 Å². The minimum atomic E-state index is -1.46. The molecule has 3 N–H and O–H groups in total. The zero-order valence-corrected chi connectivity index (χ0v) is 15.6. The van der Waals surface area contributed by atoms with Gasteiger partial charge in [-0.1, -0.05) is 23.7 Å². The number of fused-ring (bicyclic) bond motifs is 1. The lowest BCUT2D eigenvalue weighted by molar-refractivity contribution is 0.144. The van der Waals surface area contributed by atoms with Gasteiger partial charge >= 0.3 is 6.16 Å². The smallest absolute Gasteiger partial charge is 0.449 e. The predicted octanol–water partition coefficient (Wildman–Crippen LogP) is 3.43. The van der Waals surface area contributed by atoms with Gasteiger partial charge in [-0.05, 0) is 35.9 Å². The van der Waals surface area contributed by atoms with Crippen LogP contribution in [-0.2, 0) is 6.54 Å². The van der Waals surface area contributed by atoms with Crippen molar-refractivity contribution in [2.75, 3.05) is 5.32 Å². The number of rotatable bonds is 5. The van der Waals surface area contributed by atoms with Crippen molar-refractivity contribution in [3.8, 4) is 11.7 Å². The van der Waals surface area contributed by atoms with Crippen LogP contribution < -0.4 is 15.6 Å². The second-order valence-electron chi connectivity index (χ2n) is 6.09. The van der Waals surface area contributed by atoms with Gasteiger partial charge in [0.15, 0.2) is 5.75 Å². The second-order valence-corrected chi connectivity index (χ2v) is 6.53. The highest BCUT2D eigenvalue weighted by atomic mass is 35.5. The lowest BCUT2D eigenvalue weighted by Gasteiger charge is -2.08. The van der Waals surface area contributed by atoms with Gasteiger partial charge < -0.3 is 15.2 Å². The van der Waals surface area contributed by atoms with E-state index in [-0.39, 0.29) is 17.3 Å². The fourth-order valence-corrected chi connectivity index (χ4v) is 2.98. The number of hydrogen-bond donors (Lipinski definition) is 3. The van der Waals surface area contributed by atoms with Crippen LogP contribution in [0.4, 0.5) is 10.5 Å². The minimum absolute atomic E-state index is 0.0146. The van der Waals surface area contributed by atoms with Crippen LogP contribution in [0.2, 0.25) is 5.02 Å². The average Bonchev–Trinajstić information content (AvgIpc) is 3.14. The first kappa shape index (κ1) is 18.5. The quantitative estimate of drug-likeness (QED) is 0.430. The Morgan fingerprint density at radius 2 is 2.14 bits per heavy atom. The molecular weight excluding hydrogens is 398 g/mol. The van der Waals surface area contributed by atoms with Crippen LogP contribution in [0, 0.1) is 0 Å². The van der Waals surface area contributed by atoms with Gasteiger partial charge in [0.2, 0.25) is 5.95 Å². The van der Waals surface area contributed by atoms with E-state index in [1.165, 1.54) is 17.1 Å². The number of H-pyrrole nitrogens is 1. The summed E-state index contributed by atoms with van der Waals surface area (Å²) in [6.45, 7) is 0.551. The van der Waals surface area contributed by atoms with Crippen molar-refractivity contribution >= 4 is 34.3 Å². The summed E-state index contributed by atoms with van der Waals surface area (Å²) in [5.41, 5.74) is 1.88. The standard InChI is InChI=1S/C19H14ClN5O4/c20-12-3-1-2-11(6-12)8-21-13-4-5-16-15(7-13)17(26)24-18(23-16)25-10-14(9-22-25)29-19(27)28/h1-7,9-10,21H,8H2,(H,27,28)(H,23,24,26). The molecule has 0 aliphatic rings. The second kappa shape index (κ2) is 7.64. The third-order valence-corrected chi connectivity index (χ3v) is 4.29. The first-order valence-electron chi connectivity index (χ1n) is 8.46. The zero-order valence-electron chi connectivity index (χ0n) is 14.8. The maximum atomic E-state index is 12.5. The maximum absolute atomic E-state index is 12.5. The van der Waals surface area contributed by atoms with Gasteiger partial charge in [0.1, 0.15) is 0 Å². The maximum Gasteiger partial charge on any atom is 0.511 e. The first-order chi connectivity index (χ1) is 14.0. The molecule has 2 heterocycles. The molecular formula is C19H14ClN5O4. The molecule has 10 heteroatoms. The number of carboxylic acid groups (broad SMARTS) is 1. The number of benzene rings is 2. The van der Waals surface area contributed by atoms with E-state index in [4.69, 9.17) is 16.7 Å². The highest BCUT2D eigenvalue weighted by Gasteiger charge is 2.10. The van der Waals surface area contributed by atoms with Crippen LogP contribution in [0.15, 0.2) is 59.7 Å². The van der Waals surface area contributed by atoms with Crippen LogP contribution in [0.25, 0.3) is 16.9 Å². The average molecular weight is 412 g/mol. The molecule has 0 unspecified atom stereocenters. The molecule has 0 saturated heterocycles. The van der Waals surface area contributed by atoms with Gasteiger partial charge in [-0.25, -0.2) is 14.5 Å². The van der Waals surface area contributed by atoms with Crippen LogP contribution >= 0.6 is 11.6 Å². The number of ether oxygens (including phenoxy) is 1. The van der Waals surface area contributed by atoms with Gasteiger partial charge in [0.25, 0.3) is 5.56 Å². The largest absolute Gasteiger partial charge is 0.511 e. The fraction of sp³-hybridized carbons (Fsp3) is 0.0526. The van der Waals surface area contributed by atoms with Crippen molar-refractivity contribution in [1.29, 1.82) is 0 Å². The van der Waals surface area contributed by atoms with Gasteiger partial charge in [0.05, 0.1) is 23.3 Å². The molecule has 0 radical (unpaired) electrons. The molecule has 4 aromatic rings. The highest BCUT2D eigenvalue weighted by Crippen LogP contribution is 2.18. The predicted molar refractivity (Wildman–Crippen MR) is 107 cm³/mol. The number of anilines is 1. The molecule has 0 fully saturated rings. The molecule has 9 nitrogen and oxygen atoms in total. The van der Waals surface area contributed by atoms with Gasteiger partial charge in [0, 0.05) is 17.3 Å². The Kier molecular flexibility index (Phi) is 4.88. The normalized spacial score (nSPS) is 10.8. The highest BCUT2D eigenvalue weighted by molar-refractivity contribution is 6.30. The van der Waals surface area contributed by atoms with Gasteiger partial charge in [-0.2, -0.15) is 5.10 Å². The summed E-state index contributed by atoms with van der Waals surface area (Å²) in [6, 6.07) is 12.7. The Balaban J connectivity index is 1.59.